The van der Waals surface area contributed by atoms with Gasteiger partial charge in [0.25, 0.3) is 0 Å². The molecule has 2 saturated carbocycles. The van der Waals surface area contributed by atoms with Crippen LogP contribution in [0.25, 0.3) is 33.5 Å². The zero-order valence-electron chi connectivity index (χ0n) is 49.5. The molecule has 446 valence electrons. The number of carbonyl (C=O) groups excluding carboxylic acids is 3. The highest BCUT2D eigenvalue weighted by molar-refractivity contribution is 6.30. The van der Waals surface area contributed by atoms with Crippen LogP contribution in [-0.2, 0) is 42.3 Å². The number of carbonyl (C=O) groups is 3. The van der Waals surface area contributed by atoms with Gasteiger partial charge < -0.3 is 15.3 Å². The molecule has 20 heteroatoms. The van der Waals surface area contributed by atoms with Gasteiger partial charge in [0.2, 0.25) is 35.6 Å². The molecular formula is C65H76Cl2N12O6. The normalized spacial score (nSPS) is 16.1. The smallest absolute Gasteiger partial charge is 0.229 e. The summed E-state index contributed by atoms with van der Waals surface area (Å²) >= 11 is 12.2. The number of rotatable bonds is 17. The molecule has 3 aromatic carbocycles. The predicted octanol–water partition coefficient (Wildman–Crippen LogP) is 13.2. The molecule has 3 unspecified atom stereocenters. The number of nitrogens with one attached hydrogen (secondary N) is 3. The summed E-state index contributed by atoms with van der Waals surface area (Å²) in [6, 6.07) is 39.0. The van der Waals surface area contributed by atoms with E-state index < -0.39 is 16.8 Å². The maximum absolute atomic E-state index is 12.9. The van der Waals surface area contributed by atoms with Crippen molar-refractivity contribution in [2.75, 3.05) is 16.0 Å². The molecule has 0 bridgehead atoms. The van der Waals surface area contributed by atoms with Gasteiger partial charge in [0.1, 0.15) is 26.9 Å². The number of halogens is 2. The van der Waals surface area contributed by atoms with Gasteiger partial charge in [0, 0.05) is 22.8 Å². The summed E-state index contributed by atoms with van der Waals surface area (Å²) in [5, 5.41) is 42.6. The average Bonchev–Trinajstić information content (AvgIpc) is 2.84. The number of aryl methyl sites for hydroxylation is 1. The van der Waals surface area contributed by atoms with Crippen LogP contribution in [0.5, 0.6) is 0 Å². The molecule has 2 aliphatic carbocycles. The Morgan fingerprint density at radius 1 is 0.529 bits per heavy atom. The second-order valence-corrected chi connectivity index (χ2v) is 24.4. The molecule has 18 nitrogen and oxygen atoms in total. The van der Waals surface area contributed by atoms with Crippen LogP contribution >= 0.6 is 23.2 Å². The molecular weight excluding hydrogens is 1120 g/mol. The van der Waals surface area contributed by atoms with Gasteiger partial charge in [0.05, 0.1) is 36.1 Å². The first-order valence-corrected chi connectivity index (χ1v) is 29.9. The minimum absolute atomic E-state index is 0.0200. The molecule has 6 aromatic heterocycles. The first kappa shape index (κ1) is 61.9. The fourth-order valence-corrected chi connectivity index (χ4v) is 11.4. The number of hydrogen-bond donors (Lipinski definition) is 6. The highest BCUT2D eigenvalue weighted by atomic mass is 35.5. The lowest BCUT2D eigenvalue weighted by atomic mass is 9.78. The van der Waals surface area contributed by atoms with Gasteiger partial charge in [-0.05, 0) is 145 Å². The number of benzene rings is 3. The Morgan fingerprint density at radius 3 is 1.35 bits per heavy atom. The monoisotopic (exact) mass is 1190 g/mol. The molecule has 0 radical (unpaired) electrons. The number of fused-ring (bicyclic) bond motifs is 3. The Morgan fingerprint density at radius 2 is 0.929 bits per heavy atom. The van der Waals surface area contributed by atoms with E-state index in [1.54, 1.807) is 18.2 Å². The Labute approximate surface area is 505 Å². The van der Waals surface area contributed by atoms with E-state index in [1.165, 1.54) is 6.42 Å². The van der Waals surface area contributed by atoms with Gasteiger partial charge in [-0.15, -0.1) is 0 Å². The van der Waals surface area contributed by atoms with E-state index in [0.29, 0.717) is 81.3 Å². The van der Waals surface area contributed by atoms with E-state index in [9.17, 15) is 29.7 Å². The van der Waals surface area contributed by atoms with Gasteiger partial charge in [-0.2, -0.15) is 0 Å². The Kier molecular flexibility index (Phi) is 18.6. The van der Waals surface area contributed by atoms with Crippen molar-refractivity contribution < 1.29 is 29.7 Å². The lowest BCUT2D eigenvalue weighted by Crippen LogP contribution is -2.39. The molecule has 85 heavy (non-hydrogen) atoms. The third-order valence-electron chi connectivity index (χ3n) is 16.5. The van der Waals surface area contributed by atoms with Crippen LogP contribution in [0.1, 0.15) is 154 Å². The molecule has 3 amide bonds. The summed E-state index contributed by atoms with van der Waals surface area (Å²) in [6.45, 7) is 15.7. The van der Waals surface area contributed by atoms with Crippen molar-refractivity contribution in [1.82, 2.24) is 43.6 Å². The van der Waals surface area contributed by atoms with Crippen LogP contribution in [0, 0.1) is 6.92 Å². The van der Waals surface area contributed by atoms with E-state index >= 15 is 0 Å². The average molecular weight is 1190 g/mol. The number of hydrogen-bond acceptors (Lipinski definition) is 12. The fourth-order valence-electron chi connectivity index (χ4n) is 11.1. The number of aliphatic hydroxyl groups is 3. The van der Waals surface area contributed by atoms with Crippen molar-refractivity contribution in [3.8, 4) is 0 Å². The van der Waals surface area contributed by atoms with Crippen molar-refractivity contribution in [2.45, 2.75) is 166 Å². The van der Waals surface area contributed by atoms with Crippen LogP contribution in [-0.4, -0.2) is 76.6 Å². The van der Waals surface area contributed by atoms with Crippen LogP contribution in [0.3, 0.4) is 0 Å². The fraction of sp³-hybridized carbons (Fsp3) is 0.400. The van der Waals surface area contributed by atoms with Crippen molar-refractivity contribution in [3.63, 3.8) is 0 Å². The van der Waals surface area contributed by atoms with Gasteiger partial charge >= 0.3 is 0 Å². The highest BCUT2D eigenvalue weighted by Gasteiger charge is 2.39. The highest BCUT2D eigenvalue weighted by Crippen LogP contribution is 2.43. The molecule has 9 aromatic rings. The van der Waals surface area contributed by atoms with E-state index in [-0.39, 0.29) is 48.1 Å². The van der Waals surface area contributed by atoms with Crippen LogP contribution < -0.4 is 16.0 Å². The summed E-state index contributed by atoms with van der Waals surface area (Å²) in [7, 11) is 0. The van der Waals surface area contributed by atoms with Crippen molar-refractivity contribution in [2.24, 2.45) is 0 Å². The topological polar surface area (TPSA) is 240 Å². The lowest BCUT2D eigenvalue weighted by Gasteiger charge is -2.40. The molecule has 0 spiro atoms. The second-order valence-electron chi connectivity index (χ2n) is 23.6. The van der Waals surface area contributed by atoms with Gasteiger partial charge in [-0.25, -0.2) is 29.9 Å². The summed E-state index contributed by atoms with van der Waals surface area (Å²) in [5.41, 5.74) is 3.09. The van der Waals surface area contributed by atoms with Crippen LogP contribution in [0.15, 0.2) is 127 Å². The third-order valence-corrected chi connectivity index (χ3v) is 16.9. The summed E-state index contributed by atoms with van der Waals surface area (Å²) in [5.74, 6) is 0.501. The largest absolute Gasteiger partial charge is 0.385 e. The third kappa shape index (κ3) is 13.7. The maximum Gasteiger partial charge on any atom is 0.229 e. The number of amides is 3. The van der Waals surface area contributed by atoms with E-state index in [2.05, 4.69) is 57.3 Å². The summed E-state index contributed by atoms with van der Waals surface area (Å²) in [4.78, 5) is 65.8. The molecule has 3 atom stereocenters. The first-order valence-electron chi connectivity index (χ1n) is 29.2. The predicted molar refractivity (Wildman–Crippen MR) is 334 cm³/mol. The SMILES string of the molecule is CCC(O)(CC(=O)Nc1nc2ccc(C)nc2n1C1CCC1)c1ccccc1.CCC(O)(CC(=O)Nc1nc2ccc(Cl)nc2n1C(C)(C)C)c1ccccc1.CCC(O)(CC(=O)Nc1nc2ccc(Cl)nc2n1C1(C)CCC1)c1ccccc1. The minimum atomic E-state index is -1.24. The molecule has 0 aliphatic heterocycles. The van der Waals surface area contributed by atoms with Crippen molar-refractivity contribution in [1.29, 1.82) is 0 Å². The Balaban J connectivity index is 0.000000153. The molecule has 6 heterocycles. The summed E-state index contributed by atoms with van der Waals surface area (Å²) in [6.07, 6.45) is 7.53. The first-order chi connectivity index (χ1) is 40.5. The van der Waals surface area contributed by atoms with E-state index in [4.69, 9.17) is 23.2 Å². The van der Waals surface area contributed by atoms with Gasteiger partial charge in [-0.1, -0.05) is 135 Å². The molecule has 2 fully saturated rings. The number of anilines is 3. The van der Waals surface area contributed by atoms with E-state index in [1.807, 2.05) is 167 Å². The zero-order valence-corrected chi connectivity index (χ0v) is 51.0. The summed E-state index contributed by atoms with van der Waals surface area (Å²) < 4.78 is 5.89. The number of nitrogens with zero attached hydrogens (tertiary/aromatic N) is 9. The molecule has 0 saturated heterocycles. The Hall–Kier alpha value is -7.61. The number of aromatic nitrogens is 9. The van der Waals surface area contributed by atoms with Crippen LogP contribution in [0.4, 0.5) is 17.8 Å². The second kappa shape index (κ2) is 25.5. The molecule has 2 aliphatic rings. The molecule has 11 rings (SSSR count). The quantitative estimate of drug-likeness (QED) is 0.0467. The van der Waals surface area contributed by atoms with Gasteiger partial charge in [0.15, 0.2) is 16.9 Å². The number of imidazole rings is 3. The maximum atomic E-state index is 12.9. The van der Waals surface area contributed by atoms with Crippen molar-refractivity contribution in [3.05, 3.63) is 160 Å². The van der Waals surface area contributed by atoms with Gasteiger partial charge in [-0.3, -0.25) is 44.0 Å². The Bertz CT molecular complexity index is 3820. The zero-order chi connectivity index (χ0) is 60.9. The lowest BCUT2D eigenvalue weighted by molar-refractivity contribution is -0.122. The van der Waals surface area contributed by atoms with Crippen LogP contribution in [0.2, 0.25) is 10.3 Å². The van der Waals surface area contributed by atoms with Crippen molar-refractivity contribution >= 4 is 92.3 Å². The minimum Gasteiger partial charge on any atom is -0.385 e. The molecule has 6 N–H and O–H groups in total. The number of pyridine rings is 3. The standard InChI is InChI=1S/C22H25ClN4O2.C22H26N4O2.C21H25ClN4O2/c1-3-22(29,15-8-5-4-6-9-15)14-18(28)26-20-24-16-10-11-17(23)25-19(16)27(20)21(2)12-7-13-21;1-3-22(28,16-8-5-4-6-9-16)14-19(27)25-21-24-18-13-12-15(2)23-20(18)26(21)17-10-7-11-17;1-5-21(28,14-9-7-6-8-10-14)13-17(27)25-19-23-15-11-12-16(22)24-18(15)26(19)20(2,3)4/h4-6,8-11,29H,3,7,12-14H2,1-2H3,(H,24,26,28);4-6,8-9,12-13,17,28H,3,7,10-11,14H2,1-2H3,(H,24,25,27);6-12,28H,5,13H2,1-4H3,(H,23,25,27). The van der Waals surface area contributed by atoms with E-state index in [0.717, 1.165) is 60.1 Å².